The molecule has 2 heterocycles. The van der Waals surface area contributed by atoms with E-state index in [4.69, 9.17) is 42.2 Å². The van der Waals surface area contributed by atoms with Crippen LogP contribution in [0.4, 0.5) is 4.79 Å². The lowest BCUT2D eigenvalue weighted by molar-refractivity contribution is -0.150. The van der Waals surface area contributed by atoms with E-state index in [0.29, 0.717) is 30.1 Å². The predicted octanol–water partition coefficient (Wildman–Crippen LogP) is 5.39. The number of amides is 1. The Balaban J connectivity index is 1.22. The molecule has 2 N–H and O–H groups in total. The van der Waals surface area contributed by atoms with Gasteiger partial charge < -0.3 is 48.1 Å². The summed E-state index contributed by atoms with van der Waals surface area (Å²) in [5.41, 5.74) is 0.696. The maximum absolute atomic E-state index is 13.9. The third-order valence-electron chi connectivity index (χ3n) is 9.72. The number of benzene rings is 3. The molecular formula is C42H57N2O15PS. The van der Waals surface area contributed by atoms with Crippen molar-refractivity contribution in [1.29, 1.82) is 0 Å². The molecule has 1 amide bonds. The van der Waals surface area contributed by atoms with Crippen LogP contribution in [0.15, 0.2) is 83.8 Å². The second-order valence-corrected chi connectivity index (χ2v) is 18.7. The number of esters is 1. The molecule has 3 aromatic rings. The summed E-state index contributed by atoms with van der Waals surface area (Å²) >= 11 is 0. The van der Waals surface area contributed by atoms with E-state index >= 15 is 0 Å². The van der Waals surface area contributed by atoms with Gasteiger partial charge in [0.05, 0.1) is 56.5 Å². The molecule has 2 saturated heterocycles. The highest BCUT2D eigenvalue weighted by molar-refractivity contribution is 7.89. The Morgan fingerprint density at radius 1 is 0.934 bits per heavy atom. The Hall–Kier alpha value is -4.26. The number of rotatable bonds is 24. The van der Waals surface area contributed by atoms with Crippen LogP contribution in [0.5, 0.6) is 17.2 Å². The van der Waals surface area contributed by atoms with Crippen LogP contribution in [-0.4, -0.2) is 120 Å². The highest BCUT2D eigenvalue weighted by Gasteiger charge is 2.44. The molecule has 7 atom stereocenters. The minimum atomic E-state index is -4.06. The van der Waals surface area contributed by atoms with Gasteiger partial charge in [0.15, 0.2) is 18.7 Å². The van der Waals surface area contributed by atoms with Crippen molar-refractivity contribution in [3.8, 4) is 17.2 Å². The van der Waals surface area contributed by atoms with Gasteiger partial charge in [-0.3, -0.25) is 4.52 Å². The molecule has 336 valence electrons. The van der Waals surface area contributed by atoms with Crippen molar-refractivity contribution in [3.05, 3.63) is 84.4 Å². The lowest BCUT2D eigenvalue weighted by Gasteiger charge is -2.31. The number of alkyl carbamates (subject to hydrolysis) is 1. The van der Waals surface area contributed by atoms with Gasteiger partial charge >= 0.3 is 19.7 Å². The lowest BCUT2D eigenvalue weighted by atomic mass is 10.0. The van der Waals surface area contributed by atoms with E-state index in [1.165, 1.54) is 30.5 Å². The summed E-state index contributed by atoms with van der Waals surface area (Å²) in [6.07, 6.45) is -3.97. The number of carbonyl (C=O) groups is 2. The van der Waals surface area contributed by atoms with Crippen LogP contribution in [0.2, 0.25) is 0 Å². The summed E-state index contributed by atoms with van der Waals surface area (Å²) in [6, 6.07) is 20.3. The first kappa shape index (κ1) is 47.8. The highest BCUT2D eigenvalue weighted by Crippen LogP contribution is 2.49. The lowest BCUT2D eigenvalue weighted by Crippen LogP contribution is -2.51. The van der Waals surface area contributed by atoms with Gasteiger partial charge in [0.25, 0.3) is 0 Å². The molecule has 5 rings (SSSR count). The van der Waals surface area contributed by atoms with Crippen molar-refractivity contribution in [2.24, 2.45) is 11.8 Å². The van der Waals surface area contributed by atoms with Crippen LogP contribution >= 0.6 is 7.60 Å². The fraction of sp³-hybridized carbons (Fsp3) is 0.524. The molecule has 0 radical (unpaired) electrons. The molecule has 3 aromatic carbocycles. The molecule has 0 spiro atoms. The van der Waals surface area contributed by atoms with E-state index in [0.717, 1.165) is 0 Å². The van der Waals surface area contributed by atoms with Crippen LogP contribution in [0.25, 0.3) is 0 Å². The van der Waals surface area contributed by atoms with Gasteiger partial charge in [-0.1, -0.05) is 44.2 Å². The van der Waals surface area contributed by atoms with Gasteiger partial charge in [-0.25, -0.2) is 22.6 Å². The van der Waals surface area contributed by atoms with Gasteiger partial charge in [-0.05, 0) is 86.7 Å². The molecular weight excluding hydrogens is 836 g/mol. The largest absolute Gasteiger partial charge is 0.497 e. The fourth-order valence-electron chi connectivity index (χ4n) is 6.70. The number of hydrogen-bond donors (Lipinski definition) is 2. The van der Waals surface area contributed by atoms with Crippen LogP contribution < -0.4 is 19.3 Å². The van der Waals surface area contributed by atoms with Crippen molar-refractivity contribution < 1.29 is 69.9 Å². The maximum atomic E-state index is 13.9. The summed E-state index contributed by atoms with van der Waals surface area (Å²) in [4.78, 5) is 25.6. The number of nitrogens with zero attached hydrogens (tertiary/aromatic N) is 1. The minimum absolute atomic E-state index is 0.00654. The quantitative estimate of drug-likeness (QED) is 0.0657. The second-order valence-electron chi connectivity index (χ2n) is 14.9. The molecule has 0 aromatic heterocycles. The van der Waals surface area contributed by atoms with Crippen molar-refractivity contribution in [2.45, 2.75) is 76.1 Å². The number of aliphatic hydroxyl groups is 1. The number of nitrogens with one attached hydrogen (secondary N) is 1. The Labute approximate surface area is 357 Å². The van der Waals surface area contributed by atoms with Gasteiger partial charge in [0, 0.05) is 13.1 Å². The molecule has 2 fully saturated rings. The summed E-state index contributed by atoms with van der Waals surface area (Å²) in [5, 5.41) is 14.5. The summed E-state index contributed by atoms with van der Waals surface area (Å²) in [5.74, 6) is 0.357. The molecule has 61 heavy (non-hydrogen) atoms. The topological polar surface area (TPSA) is 204 Å². The monoisotopic (exact) mass is 892 g/mol. The van der Waals surface area contributed by atoms with E-state index in [1.54, 1.807) is 73.7 Å². The van der Waals surface area contributed by atoms with E-state index in [1.807, 2.05) is 13.8 Å². The van der Waals surface area contributed by atoms with Gasteiger partial charge in [-0.15, -0.1) is 0 Å². The Morgan fingerprint density at radius 3 is 2.31 bits per heavy atom. The number of sulfonamides is 1. The van der Waals surface area contributed by atoms with Gasteiger partial charge in [0.1, 0.15) is 30.0 Å². The maximum Gasteiger partial charge on any atom is 0.407 e. The molecule has 0 saturated carbocycles. The zero-order chi connectivity index (χ0) is 44.0. The first-order valence-corrected chi connectivity index (χ1v) is 23.4. The Bertz CT molecular complexity index is 1990. The number of hydrogen-bond acceptors (Lipinski definition) is 15. The van der Waals surface area contributed by atoms with Crippen molar-refractivity contribution in [1.82, 2.24) is 9.62 Å². The van der Waals surface area contributed by atoms with Crippen molar-refractivity contribution in [3.63, 3.8) is 0 Å². The zero-order valence-corrected chi connectivity index (χ0v) is 36.8. The van der Waals surface area contributed by atoms with Crippen LogP contribution in [0.1, 0.15) is 39.7 Å². The zero-order valence-electron chi connectivity index (χ0n) is 35.1. The van der Waals surface area contributed by atoms with Gasteiger partial charge in [0.2, 0.25) is 10.0 Å². The van der Waals surface area contributed by atoms with E-state index < -0.39 is 66.7 Å². The first-order chi connectivity index (χ1) is 29.2. The van der Waals surface area contributed by atoms with Gasteiger partial charge in [-0.2, -0.15) is 4.31 Å². The molecule has 1 unspecified atom stereocenters. The predicted molar refractivity (Wildman–Crippen MR) is 222 cm³/mol. The first-order valence-electron chi connectivity index (χ1n) is 20.2. The SMILES string of the molecule is CCOC(=O)[C@H](C)OP(=O)(COCCOc1ccc(C[C@H](NC(=O)O[C@H]2CO[C@H]3OCC[C@H]32)[C@H](O)CN(CC(C)C)S(=O)(=O)c2ccc(OC)cc2)cc1)Oc1ccccc1. The molecule has 0 aliphatic carbocycles. The standard InChI is InChI=1S/C42H57N2O15PS/c1-6-53-40(46)30(4)58-60(48,59-34-10-8-7-9-11-34)28-52-22-23-54-33-14-12-31(13-15-33)24-37(43-42(47)57-39-27-56-41-36(39)20-21-55-41)38(45)26-44(25-29(2)3)61(49,50)35-18-16-32(51-5)17-19-35/h7-19,29-30,36-39,41,45H,6,20-28H2,1-5H3,(H,43,47)/t30-,36-,37-,38+,39-,41+,60?/m0/s1. The number of fused-ring (bicyclic) bond motifs is 1. The van der Waals surface area contributed by atoms with E-state index in [-0.39, 0.29) is 68.4 Å². The molecule has 17 nitrogen and oxygen atoms in total. The van der Waals surface area contributed by atoms with E-state index in [2.05, 4.69) is 5.32 Å². The molecule has 0 bridgehead atoms. The van der Waals surface area contributed by atoms with Crippen LogP contribution in [0.3, 0.4) is 0 Å². The number of carbonyl (C=O) groups excluding carboxylic acids is 2. The van der Waals surface area contributed by atoms with Crippen molar-refractivity contribution in [2.75, 3.05) is 59.6 Å². The molecule has 2 aliphatic rings. The average Bonchev–Trinajstić information content (AvgIpc) is 3.86. The number of ether oxygens (including phenoxy) is 7. The van der Waals surface area contributed by atoms with Crippen molar-refractivity contribution >= 4 is 29.7 Å². The second kappa shape index (κ2) is 22.7. The number of methoxy groups -OCH3 is 1. The normalized spacial score (nSPS) is 20.0. The smallest absolute Gasteiger partial charge is 0.407 e. The fourth-order valence-corrected chi connectivity index (χ4v) is 9.84. The average molecular weight is 893 g/mol. The Morgan fingerprint density at radius 2 is 1.64 bits per heavy atom. The van der Waals surface area contributed by atoms with Crippen LogP contribution in [-0.2, 0) is 54.0 Å². The minimum Gasteiger partial charge on any atom is -0.497 e. The summed E-state index contributed by atoms with van der Waals surface area (Å²) in [6.45, 7) is 7.45. The molecule has 19 heteroatoms. The highest BCUT2D eigenvalue weighted by atomic mass is 32.2. The van der Waals surface area contributed by atoms with E-state index in [9.17, 15) is 27.7 Å². The number of para-hydroxylation sites is 1. The third-order valence-corrected chi connectivity index (χ3v) is 13.2. The summed E-state index contributed by atoms with van der Waals surface area (Å²) < 4.78 is 92.4. The number of aliphatic hydroxyl groups excluding tert-OH is 1. The molecule has 2 aliphatic heterocycles. The summed E-state index contributed by atoms with van der Waals surface area (Å²) in [7, 11) is -6.55. The Kier molecular flexibility index (Phi) is 17.8. The van der Waals surface area contributed by atoms with Crippen LogP contribution in [0, 0.1) is 11.8 Å². The third kappa shape index (κ3) is 14.1.